The third kappa shape index (κ3) is 2.27. The topological polar surface area (TPSA) is 12.7 Å². The second kappa shape index (κ2) is 5.99. The summed E-state index contributed by atoms with van der Waals surface area (Å²) in [5.74, 6) is 0. The molecule has 0 N–H and O–H groups in total. The minimum Gasteiger partial charge on any atom is -0.309 e. The summed E-state index contributed by atoms with van der Waals surface area (Å²) in [6, 6.07) is 15.5. The van der Waals surface area contributed by atoms with Gasteiger partial charge in [0.15, 0.2) is 11.9 Å². The summed E-state index contributed by atoms with van der Waals surface area (Å²) in [5, 5.41) is 6.23. The van der Waals surface area contributed by atoms with Crippen LogP contribution in [0.1, 0.15) is 37.5 Å². The Hall–Kier alpha value is -3.64. The van der Waals surface area contributed by atoms with Crippen molar-refractivity contribution < 1.29 is 4.57 Å². The highest BCUT2D eigenvalue weighted by Gasteiger charge is 2.25. The molecule has 0 aliphatic heterocycles. The van der Waals surface area contributed by atoms with Gasteiger partial charge in [-0.25, -0.2) is 9.41 Å². The van der Waals surface area contributed by atoms with Gasteiger partial charge in [0, 0.05) is 16.8 Å². The van der Waals surface area contributed by atoms with Crippen LogP contribution in [0, 0.1) is 20.4 Å². The van der Waals surface area contributed by atoms with Crippen molar-refractivity contribution in [3.63, 3.8) is 0 Å². The van der Waals surface area contributed by atoms with Crippen LogP contribution in [0.2, 0.25) is 0 Å². The van der Waals surface area contributed by atoms with Crippen molar-refractivity contribution in [2.24, 2.45) is 7.05 Å². The Morgan fingerprint density at radius 2 is 1.69 bits per heavy atom. The van der Waals surface area contributed by atoms with Gasteiger partial charge in [0.2, 0.25) is 5.52 Å². The largest absolute Gasteiger partial charge is 0.309 e. The second-order valence-electron chi connectivity index (χ2n) is 10.2. The van der Waals surface area contributed by atoms with Crippen LogP contribution >= 0.6 is 0 Å². The molecule has 0 saturated carbocycles. The van der Waals surface area contributed by atoms with E-state index < -0.39 is 0 Å². The van der Waals surface area contributed by atoms with Crippen molar-refractivity contribution in [2.75, 3.05) is 0 Å². The summed E-state index contributed by atoms with van der Waals surface area (Å²) in [4.78, 5) is 3.80. The van der Waals surface area contributed by atoms with E-state index in [1.54, 1.807) is 0 Å². The third-order valence-electron chi connectivity index (χ3n) is 7.24. The summed E-state index contributed by atoms with van der Waals surface area (Å²) < 4.78 is 4.65. The number of pyridine rings is 2. The summed E-state index contributed by atoms with van der Waals surface area (Å²) >= 11 is 0. The highest BCUT2D eigenvalue weighted by molar-refractivity contribution is 6.26. The molecule has 3 aromatic carbocycles. The van der Waals surface area contributed by atoms with E-state index in [-0.39, 0.29) is 5.41 Å². The first-order valence-corrected chi connectivity index (χ1v) is 11.1. The molecule has 0 fully saturated rings. The van der Waals surface area contributed by atoms with Gasteiger partial charge in [-0.15, -0.1) is 0 Å². The molecule has 0 saturated heterocycles. The van der Waals surface area contributed by atoms with Gasteiger partial charge < -0.3 is 4.40 Å². The maximum absolute atomic E-state index is 7.69. The van der Waals surface area contributed by atoms with Crippen LogP contribution in [0.4, 0.5) is 5.69 Å². The van der Waals surface area contributed by atoms with E-state index >= 15 is 0 Å². The molecule has 0 aliphatic carbocycles. The van der Waals surface area contributed by atoms with Crippen LogP contribution in [0.3, 0.4) is 0 Å². The normalized spacial score (nSPS) is 12.7. The molecule has 3 nitrogen and oxygen atoms in total. The molecule has 6 rings (SSSR count). The molecule has 0 aliphatic rings. The lowest BCUT2D eigenvalue weighted by molar-refractivity contribution is -0.643. The molecule has 0 bridgehead atoms. The smallest absolute Gasteiger partial charge is 0.224 e. The zero-order valence-electron chi connectivity index (χ0n) is 19.5. The van der Waals surface area contributed by atoms with Gasteiger partial charge in [-0.05, 0) is 71.7 Å². The van der Waals surface area contributed by atoms with Crippen molar-refractivity contribution in [3.8, 4) is 0 Å². The average molecular weight is 417 g/mol. The van der Waals surface area contributed by atoms with Gasteiger partial charge in [-0.3, -0.25) is 0 Å². The van der Waals surface area contributed by atoms with Crippen molar-refractivity contribution in [3.05, 3.63) is 76.8 Å². The van der Waals surface area contributed by atoms with Crippen LogP contribution in [-0.4, -0.2) is 4.40 Å². The Morgan fingerprint density at radius 1 is 0.906 bits per heavy atom. The van der Waals surface area contributed by atoms with Gasteiger partial charge in [0.05, 0.1) is 33.9 Å². The zero-order chi connectivity index (χ0) is 22.5. The van der Waals surface area contributed by atoms with E-state index in [1.165, 1.54) is 54.8 Å². The third-order valence-corrected chi connectivity index (χ3v) is 7.24. The quantitative estimate of drug-likeness (QED) is 0.107. The van der Waals surface area contributed by atoms with Crippen LogP contribution in [0.5, 0.6) is 0 Å². The van der Waals surface area contributed by atoms with Crippen LogP contribution < -0.4 is 4.57 Å². The van der Waals surface area contributed by atoms with Gasteiger partial charge >= 0.3 is 0 Å². The first-order chi connectivity index (χ1) is 15.2. The van der Waals surface area contributed by atoms with Gasteiger partial charge in [0.25, 0.3) is 0 Å². The summed E-state index contributed by atoms with van der Waals surface area (Å²) in [6.07, 6.45) is 2.12. The van der Waals surface area contributed by atoms with E-state index in [2.05, 4.69) is 98.1 Å². The zero-order valence-corrected chi connectivity index (χ0v) is 19.5. The minimum absolute atomic E-state index is 0.0814. The fraction of sp³-hybridized carbons (Fsp3) is 0.241. The number of hydrogen-bond acceptors (Lipinski definition) is 0. The van der Waals surface area contributed by atoms with Crippen molar-refractivity contribution >= 4 is 54.7 Å². The van der Waals surface area contributed by atoms with Crippen LogP contribution in [0.15, 0.2) is 48.7 Å². The van der Waals surface area contributed by atoms with Crippen LogP contribution in [0.25, 0.3) is 53.8 Å². The number of rotatable bonds is 0. The number of aryl methyl sites for hydroxylation is 3. The van der Waals surface area contributed by atoms with Crippen molar-refractivity contribution in [1.29, 1.82) is 0 Å². The second-order valence-corrected chi connectivity index (χ2v) is 10.2. The maximum atomic E-state index is 7.69. The van der Waals surface area contributed by atoms with Crippen molar-refractivity contribution in [2.45, 2.75) is 40.0 Å². The molecular formula is C29H26N3+. The molecule has 3 heterocycles. The molecule has 0 spiro atoms. The molecule has 32 heavy (non-hydrogen) atoms. The molecule has 0 amide bonds. The number of nitrogens with zero attached hydrogens (tertiary/aromatic N) is 3. The SMILES string of the molecule is [C-]#[N+]c1cc2cc[n+](C)c3c4c(C)c(C)cc5c6cc(C(C)(C)C)ccc6n(c(c1)c23)c54. The molecule has 3 aromatic heterocycles. The average Bonchev–Trinajstić information content (AvgIpc) is 3.08. The fourth-order valence-corrected chi connectivity index (χ4v) is 5.42. The Labute approximate surface area is 187 Å². The lowest BCUT2D eigenvalue weighted by atomic mass is 9.86. The predicted molar refractivity (Wildman–Crippen MR) is 134 cm³/mol. The maximum Gasteiger partial charge on any atom is 0.224 e. The molecule has 0 unspecified atom stereocenters. The fourth-order valence-electron chi connectivity index (χ4n) is 5.42. The van der Waals surface area contributed by atoms with E-state index in [4.69, 9.17) is 6.57 Å². The number of benzene rings is 3. The number of hydrogen-bond donors (Lipinski definition) is 0. The summed E-state index contributed by atoms with van der Waals surface area (Å²) in [7, 11) is 2.13. The molecule has 3 heteroatoms. The number of fused-ring (bicyclic) bond motifs is 5. The molecule has 156 valence electrons. The molecule has 0 atom stereocenters. The van der Waals surface area contributed by atoms with E-state index in [9.17, 15) is 0 Å². The monoisotopic (exact) mass is 416 g/mol. The molecule has 6 aromatic rings. The molecular weight excluding hydrogens is 390 g/mol. The van der Waals surface area contributed by atoms with Crippen molar-refractivity contribution in [1.82, 2.24) is 4.40 Å². The standard InChI is InChI=1S/C29H26N3/c1-16-12-22-21-14-19(29(3,4)5)8-9-23(21)32-24-15-20(30-6)13-18-10-11-31(7)28(26(18)24)25(17(16)2)27(22)32/h8-15H,1-5,7H3/q+1. The van der Waals surface area contributed by atoms with E-state index in [1.807, 2.05) is 6.07 Å². The highest BCUT2D eigenvalue weighted by atomic mass is 15.0. The van der Waals surface area contributed by atoms with Gasteiger partial charge in [-0.2, -0.15) is 0 Å². The predicted octanol–water partition coefficient (Wildman–Crippen LogP) is 7.28. The number of aromatic nitrogens is 2. The Balaban J connectivity index is 2.04. The van der Waals surface area contributed by atoms with Gasteiger partial charge in [-0.1, -0.05) is 26.8 Å². The van der Waals surface area contributed by atoms with E-state index in [0.717, 1.165) is 10.9 Å². The lowest BCUT2D eigenvalue weighted by Gasteiger charge is -2.19. The lowest BCUT2D eigenvalue weighted by Crippen LogP contribution is -2.29. The Kier molecular flexibility index (Phi) is 3.57. The Morgan fingerprint density at radius 3 is 2.41 bits per heavy atom. The van der Waals surface area contributed by atoms with Gasteiger partial charge in [0.1, 0.15) is 7.05 Å². The summed E-state index contributed by atoms with van der Waals surface area (Å²) in [6.45, 7) is 19.0. The minimum atomic E-state index is 0.0814. The first kappa shape index (κ1) is 19.1. The van der Waals surface area contributed by atoms with Crippen LogP contribution in [-0.2, 0) is 12.5 Å². The molecule has 0 radical (unpaired) electrons. The first-order valence-electron chi connectivity index (χ1n) is 11.1. The van der Waals surface area contributed by atoms with E-state index in [0.29, 0.717) is 5.69 Å². The highest BCUT2D eigenvalue weighted by Crippen LogP contribution is 2.43. The Bertz CT molecular complexity index is 1790. The summed E-state index contributed by atoms with van der Waals surface area (Å²) in [5.41, 5.74) is 9.55.